The van der Waals surface area contributed by atoms with E-state index in [0.29, 0.717) is 29.3 Å². The molecule has 6 nitrogen and oxygen atoms in total. The number of Topliss-reactive ketones (excluding diaryl/α,β-unsaturated/α-hetero) is 1. The molecule has 0 aliphatic carbocycles. The van der Waals surface area contributed by atoms with Crippen molar-refractivity contribution in [1.82, 2.24) is 9.88 Å². The summed E-state index contributed by atoms with van der Waals surface area (Å²) in [6.45, 7) is 2.34. The summed E-state index contributed by atoms with van der Waals surface area (Å²) in [6.07, 6.45) is 2.47. The van der Waals surface area contributed by atoms with Gasteiger partial charge in [0.05, 0.1) is 23.7 Å². The standard InChI is InChI=1S/C23H21ClN2O4/c1-3-10-26-20(15-12-25-17-7-5-4-6-14(15)17)19(22(28)23(26)29)21(27)13-8-9-18(30-2)16(24)11-13/h4-9,11-12,20,25,27H,3,10H2,1-2H3/b21-19+. The van der Waals surface area contributed by atoms with Gasteiger partial charge in [0, 0.05) is 34.8 Å². The normalized spacial score (nSPS) is 18.4. The highest BCUT2D eigenvalue weighted by molar-refractivity contribution is 6.46. The van der Waals surface area contributed by atoms with Crippen LogP contribution in [0, 0.1) is 0 Å². The summed E-state index contributed by atoms with van der Waals surface area (Å²) in [5, 5.41) is 12.3. The fourth-order valence-electron chi connectivity index (χ4n) is 3.96. The number of amides is 1. The summed E-state index contributed by atoms with van der Waals surface area (Å²) in [5.74, 6) is -1.13. The maximum atomic E-state index is 13.0. The molecule has 1 saturated heterocycles. The van der Waals surface area contributed by atoms with Crippen LogP contribution in [-0.2, 0) is 9.59 Å². The molecule has 1 aliphatic rings. The van der Waals surface area contributed by atoms with Crippen LogP contribution < -0.4 is 4.74 Å². The molecule has 154 valence electrons. The molecular weight excluding hydrogens is 404 g/mol. The summed E-state index contributed by atoms with van der Waals surface area (Å²) < 4.78 is 5.16. The Morgan fingerprint density at radius 3 is 2.70 bits per heavy atom. The molecular formula is C23H21ClN2O4. The van der Waals surface area contributed by atoms with Crippen LogP contribution in [0.5, 0.6) is 5.75 Å². The second-order valence-corrected chi connectivity index (χ2v) is 7.54. The first-order chi connectivity index (χ1) is 14.5. The van der Waals surface area contributed by atoms with Gasteiger partial charge in [-0.3, -0.25) is 9.59 Å². The second-order valence-electron chi connectivity index (χ2n) is 7.13. The van der Waals surface area contributed by atoms with Crippen LogP contribution in [0.1, 0.15) is 30.5 Å². The number of H-pyrrole nitrogens is 1. The van der Waals surface area contributed by atoms with Gasteiger partial charge in [-0.1, -0.05) is 36.7 Å². The van der Waals surface area contributed by atoms with E-state index in [4.69, 9.17) is 16.3 Å². The molecule has 7 heteroatoms. The third-order valence-corrected chi connectivity index (χ3v) is 5.64. The van der Waals surface area contributed by atoms with Gasteiger partial charge in [0.25, 0.3) is 11.7 Å². The lowest BCUT2D eigenvalue weighted by Crippen LogP contribution is -2.30. The van der Waals surface area contributed by atoms with Gasteiger partial charge in [-0.15, -0.1) is 0 Å². The summed E-state index contributed by atoms with van der Waals surface area (Å²) in [7, 11) is 1.49. The zero-order chi connectivity index (χ0) is 21.4. The SMILES string of the molecule is CCCN1C(=O)C(=O)/C(=C(/O)c2ccc(OC)c(Cl)c2)C1c1c[nH]c2ccccc12. The number of nitrogens with one attached hydrogen (secondary N) is 1. The van der Waals surface area contributed by atoms with Crippen LogP contribution >= 0.6 is 11.6 Å². The fourth-order valence-corrected chi connectivity index (χ4v) is 4.22. The number of para-hydroxylation sites is 1. The Bertz CT molecular complexity index is 1180. The average molecular weight is 425 g/mol. The van der Waals surface area contributed by atoms with Gasteiger partial charge < -0.3 is 19.7 Å². The Balaban J connectivity index is 1.93. The topological polar surface area (TPSA) is 82.6 Å². The van der Waals surface area contributed by atoms with Crippen LogP contribution in [0.4, 0.5) is 0 Å². The third kappa shape index (κ3) is 3.13. The molecule has 0 spiro atoms. The first kappa shape index (κ1) is 20.0. The van der Waals surface area contributed by atoms with E-state index in [1.807, 2.05) is 31.2 Å². The monoisotopic (exact) mass is 424 g/mol. The van der Waals surface area contributed by atoms with E-state index in [9.17, 15) is 14.7 Å². The van der Waals surface area contributed by atoms with Crippen molar-refractivity contribution in [2.75, 3.05) is 13.7 Å². The highest BCUT2D eigenvalue weighted by Gasteiger charge is 2.46. The lowest BCUT2D eigenvalue weighted by atomic mass is 9.95. The van der Waals surface area contributed by atoms with Crippen molar-refractivity contribution in [3.05, 3.63) is 70.4 Å². The number of ether oxygens (including phenoxy) is 1. The molecule has 1 amide bonds. The second kappa shape index (κ2) is 7.88. The van der Waals surface area contributed by atoms with E-state index in [-0.39, 0.29) is 11.3 Å². The number of aliphatic hydroxyl groups is 1. The van der Waals surface area contributed by atoms with Crippen molar-refractivity contribution in [1.29, 1.82) is 0 Å². The van der Waals surface area contributed by atoms with Gasteiger partial charge in [0.1, 0.15) is 11.5 Å². The minimum atomic E-state index is -0.705. The zero-order valence-electron chi connectivity index (χ0n) is 16.6. The average Bonchev–Trinajstić information content (AvgIpc) is 3.28. The van der Waals surface area contributed by atoms with Crippen LogP contribution in [-0.4, -0.2) is 40.3 Å². The number of aromatic nitrogens is 1. The maximum Gasteiger partial charge on any atom is 0.295 e. The molecule has 2 N–H and O–H groups in total. The Morgan fingerprint density at radius 1 is 1.23 bits per heavy atom. The van der Waals surface area contributed by atoms with Gasteiger partial charge >= 0.3 is 0 Å². The number of halogens is 1. The van der Waals surface area contributed by atoms with E-state index in [2.05, 4.69) is 4.98 Å². The predicted molar refractivity (Wildman–Crippen MR) is 116 cm³/mol. The van der Waals surface area contributed by atoms with E-state index < -0.39 is 17.7 Å². The Labute approximate surface area is 178 Å². The molecule has 0 radical (unpaired) electrons. The lowest BCUT2D eigenvalue weighted by molar-refractivity contribution is -0.139. The number of carbonyl (C=O) groups excluding carboxylic acids is 2. The molecule has 1 fully saturated rings. The molecule has 1 unspecified atom stereocenters. The van der Waals surface area contributed by atoms with Gasteiger partial charge in [0.2, 0.25) is 0 Å². The highest BCUT2D eigenvalue weighted by atomic mass is 35.5. The number of methoxy groups -OCH3 is 1. The van der Waals surface area contributed by atoms with Crippen LogP contribution in [0.2, 0.25) is 5.02 Å². The first-order valence-corrected chi connectivity index (χ1v) is 10.0. The lowest BCUT2D eigenvalue weighted by Gasteiger charge is -2.24. The maximum absolute atomic E-state index is 13.0. The number of fused-ring (bicyclic) bond motifs is 1. The first-order valence-electron chi connectivity index (χ1n) is 9.66. The molecule has 2 aromatic carbocycles. The number of ketones is 1. The smallest absolute Gasteiger partial charge is 0.295 e. The Morgan fingerprint density at radius 2 is 2.00 bits per heavy atom. The number of hydrogen-bond donors (Lipinski definition) is 2. The quantitative estimate of drug-likeness (QED) is 0.354. The Hall–Kier alpha value is -3.25. The summed E-state index contributed by atoms with van der Waals surface area (Å²) in [6, 6.07) is 11.7. The van der Waals surface area contributed by atoms with Gasteiger partial charge in [-0.2, -0.15) is 0 Å². The molecule has 3 aromatic rings. The number of likely N-dealkylation sites (tertiary alicyclic amines) is 1. The molecule has 1 aromatic heterocycles. The highest BCUT2D eigenvalue weighted by Crippen LogP contribution is 2.42. The van der Waals surface area contributed by atoms with Crippen molar-refractivity contribution < 1.29 is 19.4 Å². The van der Waals surface area contributed by atoms with Crippen molar-refractivity contribution in [2.24, 2.45) is 0 Å². The van der Waals surface area contributed by atoms with Gasteiger partial charge in [0.15, 0.2) is 0 Å². The number of carbonyl (C=O) groups is 2. The van der Waals surface area contributed by atoms with E-state index in [0.717, 1.165) is 16.5 Å². The minimum Gasteiger partial charge on any atom is -0.507 e. The molecule has 0 bridgehead atoms. The van der Waals surface area contributed by atoms with E-state index >= 15 is 0 Å². The predicted octanol–water partition coefficient (Wildman–Crippen LogP) is 4.66. The number of nitrogens with zero attached hydrogens (tertiary/aromatic N) is 1. The number of rotatable bonds is 5. The van der Waals surface area contributed by atoms with Crippen molar-refractivity contribution in [3.8, 4) is 5.75 Å². The Kier molecular flexibility index (Phi) is 5.26. The van der Waals surface area contributed by atoms with Crippen LogP contribution in [0.25, 0.3) is 16.7 Å². The molecule has 4 rings (SSSR count). The fraction of sp³-hybridized carbons (Fsp3) is 0.217. The van der Waals surface area contributed by atoms with E-state index in [1.54, 1.807) is 18.3 Å². The van der Waals surface area contributed by atoms with E-state index in [1.165, 1.54) is 18.1 Å². The van der Waals surface area contributed by atoms with Crippen molar-refractivity contribution >= 4 is 40.0 Å². The van der Waals surface area contributed by atoms with Crippen molar-refractivity contribution in [2.45, 2.75) is 19.4 Å². The van der Waals surface area contributed by atoms with Crippen LogP contribution in [0.15, 0.2) is 54.2 Å². The molecule has 0 saturated carbocycles. The molecule has 30 heavy (non-hydrogen) atoms. The number of aliphatic hydroxyl groups excluding tert-OH is 1. The largest absolute Gasteiger partial charge is 0.507 e. The van der Waals surface area contributed by atoms with Crippen molar-refractivity contribution in [3.63, 3.8) is 0 Å². The molecule has 1 atom stereocenters. The molecule has 1 aliphatic heterocycles. The minimum absolute atomic E-state index is 0.0550. The van der Waals surface area contributed by atoms with Gasteiger partial charge in [-0.25, -0.2) is 0 Å². The van der Waals surface area contributed by atoms with Gasteiger partial charge in [-0.05, 0) is 30.7 Å². The number of benzene rings is 2. The third-order valence-electron chi connectivity index (χ3n) is 5.35. The van der Waals surface area contributed by atoms with Crippen LogP contribution in [0.3, 0.4) is 0 Å². The number of hydrogen-bond acceptors (Lipinski definition) is 4. The summed E-state index contributed by atoms with van der Waals surface area (Å²) in [5.41, 5.74) is 2.06. The number of aromatic amines is 1. The zero-order valence-corrected chi connectivity index (χ0v) is 17.4. The summed E-state index contributed by atoms with van der Waals surface area (Å²) >= 11 is 6.21. The molecule has 2 heterocycles. The summed E-state index contributed by atoms with van der Waals surface area (Å²) in [4.78, 5) is 30.5.